The molecule has 1 aromatic rings. The van der Waals surface area contributed by atoms with Crippen molar-refractivity contribution in [3.8, 4) is 0 Å². The van der Waals surface area contributed by atoms with Crippen LogP contribution in [0.2, 0.25) is 0 Å². The molecule has 2 aliphatic heterocycles. The smallest absolute Gasteiger partial charge is 0.259 e. The predicted octanol–water partition coefficient (Wildman–Crippen LogP) is 2.14. The van der Waals surface area contributed by atoms with Crippen molar-refractivity contribution < 1.29 is 9.90 Å². The topological polar surface area (TPSA) is 40.5 Å². The molecule has 0 unspecified atom stereocenters. The van der Waals surface area contributed by atoms with Crippen LogP contribution in [0.1, 0.15) is 24.0 Å². The molecule has 19 heavy (non-hydrogen) atoms. The summed E-state index contributed by atoms with van der Waals surface area (Å²) in [5.41, 5.74) is 2.34. The van der Waals surface area contributed by atoms with E-state index in [1.807, 2.05) is 23.9 Å². The van der Waals surface area contributed by atoms with Gasteiger partial charge in [0.15, 0.2) is 0 Å². The molecule has 1 saturated heterocycles. The average Bonchev–Trinajstić information content (AvgIpc) is 2.84. The molecule has 0 saturated carbocycles. The third-order valence-corrected chi connectivity index (χ3v) is 5.21. The molecule has 1 amide bonds. The van der Waals surface area contributed by atoms with Crippen LogP contribution in [0.3, 0.4) is 0 Å². The van der Waals surface area contributed by atoms with Crippen LogP contribution in [0.5, 0.6) is 0 Å². The van der Waals surface area contributed by atoms with Gasteiger partial charge in [-0.1, -0.05) is 12.1 Å². The van der Waals surface area contributed by atoms with E-state index < -0.39 is 5.60 Å². The maximum absolute atomic E-state index is 12.7. The van der Waals surface area contributed by atoms with E-state index in [-0.39, 0.29) is 5.91 Å². The van der Waals surface area contributed by atoms with Gasteiger partial charge in [0.1, 0.15) is 5.60 Å². The number of aliphatic hydroxyl groups is 1. The molecule has 0 atom stereocenters. The van der Waals surface area contributed by atoms with Crippen LogP contribution in [0.4, 0.5) is 5.69 Å². The van der Waals surface area contributed by atoms with Gasteiger partial charge >= 0.3 is 0 Å². The first kappa shape index (κ1) is 13.0. The molecular formula is C15H19NO2S. The lowest BCUT2D eigenvalue weighted by Gasteiger charge is -2.34. The summed E-state index contributed by atoms with van der Waals surface area (Å²) in [6.45, 7) is 2.78. The Morgan fingerprint density at radius 2 is 2.11 bits per heavy atom. The number of hydrogen-bond acceptors (Lipinski definition) is 3. The number of benzene rings is 1. The number of nitrogens with zero attached hydrogens (tertiary/aromatic N) is 1. The van der Waals surface area contributed by atoms with Gasteiger partial charge < -0.3 is 10.0 Å². The number of anilines is 1. The lowest BCUT2D eigenvalue weighted by Crippen LogP contribution is -2.50. The summed E-state index contributed by atoms with van der Waals surface area (Å²) in [5, 5.41) is 10.6. The Balaban J connectivity index is 1.89. The highest BCUT2D eigenvalue weighted by Crippen LogP contribution is 2.35. The highest BCUT2D eigenvalue weighted by molar-refractivity contribution is 7.99. The monoisotopic (exact) mass is 277 g/mol. The van der Waals surface area contributed by atoms with E-state index in [1.54, 1.807) is 4.90 Å². The molecule has 2 heterocycles. The summed E-state index contributed by atoms with van der Waals surface area (Å²) in [6.07, 6.45) is 2.06. The molecule has 0 radical (unpaired) electrons. The van der Waals surface area contributed by atoms with Crippen molar-refractivity contribution in [2.45, 2.75) is 31.8 Å². The molecule has 1 fully saturated rings. The molecular weight excluding hydrogens is 258 g/mol. The summed E-state index contributed by atoms with van der Waals surface area (Å²) in [6, 6.07) is 6.06. The Bertz CT molecular complexity index is 509. The second kappa shape index (κ2) is 4.84. The van der Waals surface area contributed by atoms with Crippen LogP contribution in [-0.2, 0) is 11.2 Å². The van der Waals surface area contributed by atoms with E-state index in [4.69, 9.17) is 0 Å². The lowest BCUT2D eigenvalue weighted by molar-refractivity contribution is -0.137. The maximum atomic E-state index is 12.7. The standard InChI is InChI=1S/C15H19NO2S/c1-11-3-2-4-13-12(11)5-8-16(13)14(17)15(18)6-9-19-10-7-15/h2-4,18H,5-10H2,1H3. The quantitative estimate of drug-likeness (QED) is 0.855. The molecule has 0 spiro atoms. The van der Waals surface area contributed by atoms with Crippen molar-refractivity contribution in [1.82, 2.24) is 0 Å². The minimum absolute atomic E-state index is 0.0999. The Hall–Kier alpha value is -1.000. The van der Waals surface area contributed by atoms with Gasteiger partial charge in [0.05, 0.1) is 0 Å². The Morgan fingerprint density at radius 1 is 1.37 bits per heavy atom. The van der Waals surface area contributed by atoms with Gasteiger partial charge in [-0.25, -0.2) is 0 Å². The van der Waals surface area contributed by atoms with Crippen LogP contribution in [0.15, 0.2) is 18.2 Å². The van der Waals surface area contributed by atoms with Crippen molar-refractivity contribution in [3.05, 3.63) is 29.3 Å². The summed E-state index contributed by atoms with van der Waals surface area (Å²) in [7, 11) is 0. The summed E-state index contributed by atoms with van der Waals surface area (Å²) in [4.78, 5) is 14.5. The fourth-order valence-corrected chi connectivity index (χ4v) is 4.16. The predicted molar refractivity (Wildman–Crippen MR) is 78.7 cm³/mol. The number of fused-ring (bicyclic) bond motifs is 1. The highest BCUT2D eigenvalue weighted by atomic mass is 32.2. The number of rotatable bonds is 1. The average molecular weight is 277 g/mol. The molecule has 4 heteroatoms. The maximum Gasteiger partial charge on any atom is 0.259 e. The van der Waals surface area contributed by atoms with Crippen LogP contribution in [0, 0.1) is 6.92 Å². The highest BCUT2D eigenvalue weighted by Gasteiger charge is 2.42. The molecule has 0 aromatic heterocycles. The van der Waals surface area contributed by atoms with E-state index in [2.05, 4.69) is 13.0 Å². The SMILES string of the molecule is Cc1cccc2c1CCN2C(=O)C1(O)CCSCC1. The van der Waals surface area contributed by atoms with Gasteiger partial charge in [0, 0.05) is 12.2 Å². The van der Waals surface area contributed by atoms with E-state index in [9.17, 15) is 9.90 Å². The zero-order valence-corrected chi connectivity index (χ0v) is 12.0. The Kier molecular flexibility index (Phi) is 3.31. The van der Waals surface area contributed by atoms with Gasteiger partial charge in [-0.15, -0.1) is 0 Å². The molecule has 3 rings (SSSR count). The first-order valence-corrected chi connectivity index (χ1v) is 7.98. The van der Waals surface area contributed by atoms with Crippen LogP contribution < -0.4 is 4.90 Å². The summed E-state index contributed by atoms with van der Waals surface area (Å²) in [5.74, 6) is 1.64. The van der Waals surface area contributed by atoms with Crippen molar-refractivity contribution in [3.63, 3.8) is 0 Å². The molecule has 0 bridgehead atoms. The minimum Gasteiger partial charge on any atom is -0.380 e. The fraction of sp³-hybridized carbons (Fsp3) is 0.533. The number of amides is 1. The van der Waals surface area contributed by atoms with Gasteiger partial charge in [-0.3, -0.25) is 4.79 Å². The Labute approximate surface area is 118 Å². The summed E-state index contributed by atoms with van der Waals surface area (Å²) >= 11 is 1.81. The Morgan fingerprint density at radius 3 is 2.84 bits per heavy atom. The molecule has 0 aliphatic carbocycles. The second-order valence-electron chi connectivity index (χ2n) is 5.42. The molecule has 2 aliphatic rings. The second-order valence-corrected chi connectivity index (χ2v) is 6.65. The number of hydrogen-bond donors (Lipinski definition) is 1. The zero-order valence-electron chi connectivity index (χ0n) is 11.2. The third kappa shape index (κ3) is 2.17. The zero-order chi connectivity index (χ0) is 13.5. The van der Waals surface area contributed by atoms with Crippen molar-refractivity contribution in [1.29, 1.82) is 0 Å². The van der Waals surface area contributed by atoms with Crippen LogP contribution in [-0.4, -0.2) is 34.7 Å². The number of thioether (sulfide) groups is 1. The van der Waals surface area contributed by atoms with E-state index in [1.165, 1.54) is 11.1 Å². The molecule has 102 valence electrons. The first-order chi connectivity index (χ1) is 9.12. The van der Waals surface area contributed by atoms with E-state index in [0.717, 1.165) is 23.6 Å². The largest absolute Gasteiger partial charge is 0.380 e. The third-order valence-electron chi connectivity index (χ3n) is 4.22. The number of carbonyl (C=O) groups is 1. The number of carbonyl (C=O) groups excluding carboxylic acids is 1. The lowest BCUT2D eigenvalue weighted by atomic mass is 9.95. The van der Waals surface area contributed by atoms with Crippen molar-refractivity contribution in [2.24, 2.45) is 0 Å². The van der Waals surface area contributed by atoms with Gasteiger partial charge in [0.25, 0.3) is 5.91 Å². The van der Waals surface area contributed by atoms with E-state index >= 15 is 0 Å². The molecule has 1 N–H and O–H groups in total. The van der Waals surface area contributed by atoms with Gasteiger partial charge in [-0.05, 0) is 54.9 Å². The van der Waals surface area contributed by atoms with Crippen molar-refractivity contribution in [2.75, 3.05) is 23.0 Å². The minimum atomic E-state index is -1.14. The van der Waals surface area contributed by atoms with E-state index in [0.29, 0.717) is 19.4 Å². The molecule has 3 nitrogen and oxygen atoms in total. The van der Waals surface area contributed by atoms with Gasteiger partial charge in [-0.2, -0.15) is 11.8 Å². The van der Waals surface area contributed by atoms with Crippen LogP contribution in [0.25, 0.3) is 0 Å². The van der Waals surface area contributed by atoms with Crippen molar-refractivity contribution >= 4 is 23.4 Å². The normalized spacial score (nSPS) is 21.3. The fourth-order valence-electron chi connectivity index (χ4n) is 2.99. The number of aryl methyl sites for hydroxylation is 1. The summed E-state index contributed by atoms with van der Waals surface area (Å²) < 4.78 is 0. The van der Waals surface area contributed by atoms with Crippen LogP contribution >= 0.6 is 11.8 Å². The first-order valence-electron chi connectivity index (χ1n) is 6.82. The molecule has 1 aromatic carbocycles. The van der Waals surface area contributed by atoms with Gasteiger partial charge in [0.2, 0.25) is 0 Å².